The fourth-order valence-corrected chi connectivity index (χ4v) is 3.42. The monoisotopic (exact) mass is 465 g/mol. The Morgan fingerprint density at radius 1 is 1.12 bits per heavy atom. The Bertz CT molecular complexity index is 1330. The highest BCUT2D eigenvalue weighted by molar-refractivity contribution is 6.32. The summed E-state index contributed by atoms with van der Waals surface area (Å²) in [4.78, 5) is 28.9. The van der Waals surface area contributed by atoms with Gasteiger partial charge in [0.1, 0.15) is 5.82 Å². The van der Waals surface area contributed by atoms with Gasteiger partial charge in [0.25, 0.3) is 0 Å². The number of hydrogen-bond acceptors (Lipinski definition) is 6. The van der Waals surface area contributed by atoms with Gasteiger partial charge in [-0.3, -0.25) is 0 Å². The van der Waals surface area contributed by atoms with Gasteiger partial charge in [-0.15, -0.1) is 0 Å². The van der Waals surface area contributed by atoms with Gasteiger partial charge in [-0.05, 0) is 55.0 Å². The lowest BCUT2D eigenvalue weighted by molar-refractivity contribution is -0.129. The molecule has 0 bridgehead atoms. The molecule has 0 spiro atoms. The first-order chi connectivity index (χ1) is 15.9. The van der Waals surface area contributed by atoms with Gasteiger partial charge >= 0.3 is 11.9 Å². The molecular formula is C25H17ClFNO5. The number of cyclic esters (lactones) is 1. The number of rotatable bonds is 5. The van der Waals surface area contributed by atoms with E-state index in [1.54, 1.807) is 24.3 Å². The predicted molar refractivity (Wildman–Crippen MR) is 121 cm³/mol. The van der Waals surface area contributed by atoms with Crippen LogP contribution in [-0.4, -0.2) is 24.9 Å². The molecule has 0 saturated heterocycles. The maximum absolute atomic E-state index is 14.0. The number of aliphatic imine (C=N–C) groups is 1. The number of aryl methyl sites for hydroxylation is 1. The molecule has 0 radical (unpaired) electrons. The summed E-state index contributed by atoms with van der Waals surface area (Å²) < 4.78 is 29.9. The molecular weight excluding hydrogens is 449 g/mol. The van der Waals surface area contributed by atoms with Crippen LogP contribution in [0.5, 0.6) is 11.5 Å². The number of carbonyl (C=O) groups excluding carboxylic acids is 2. The van der Waals surface area contributed by atoms with Crippen molar-refractivity contribution < 1.29 is 28.2 Å². The highest BCUT2D eigenvalue weighted by Gasteiger charge is 2.26. The summed E-state index contributed by atoms with van der Waals surface area (Å²) in [5, 5.41) is 0.0897. The molecule has 0 unspecified atom stereocenters. The summed E-state index contributed by atoms with van der Waals surface area (Å²) >= 11 is 6.36. The van der Waals surface area contributed by atoms with Gasteiger partial charge in [0.05, 0.1) is 23.3 Å². The van der Waals surface area contributed by atoms with Crippen molar-refractivity contribution >= 4 is 35.5 Å². The van der Waals surface area contributed by atoms with E-state index in [0.29, 0.717) is 11.1 Å². The Hall–Kier alpha value is -3.97. The Balaban J connectivity index is 1.64. The molecule has 0 N–H and O–H groups in total. The molecule has 0 atom stereocenters. The smallest absolute Gasteiger partial charge is 0.363 e. The summed E-state index contributed by atoms with van der Waals surface area (Å²) in [7, 11) is 1.39. The zero-order valence-corrected chi connectivity index (χ0v) is 18.4. The molecule has 3 aromatic rings. The minimum absolute atomic E-state index is 0.0392. The van der Waals surface area contributed by atoms with Crippen molar-refractivity contribution in [1.29, 1.82) is 0 Å². The first-order valence-electron chi connectivity index (χ1n) is 9.79. The zero-order valence-electron chi connectivity index (χ0n) is 17.6. The highest BCUT2D eigenvalue weighted by Crippen LogP contribution is 2.38. The minimum atomic E-state index is -0.738. The van der Waals surface area contributed by atoms with Crippen LogP contribution in [-0.2, 0) is 9.53 Å². The van der Waals surface area contributed by atoms with Crippen LogP contribution in [0.3, 0.4) is 0 Å². The van der Waals surface area contributed by atoms with Gasteiger partial charge in [0, 0.05) is 0 Å². The number of carbonyl (C=O) groups is 2. The van der Waals surface area contributed by atoms with E-state index in [4.69, 9.17) is 25.8 Å². The van der Waals surface area contributed by atoms with Crippen LogP contribution in [0.25, 0.3) is 6.08 Å². The summed E-state index contributed by atoms with van der Waals surface area (Å²) in [5.74, 6) is -1.81. The second-order valence-corrected chi connectivity index (χ2v) is 7.52. The number of esters is 2. The second kappa shape index (κ2) is 9.26. The SMILES string of the molecule is COc1cc(/C=C2\N=C(c3ccccc3F)OC2=O)cc(Cl)c1OC(=O)c1cccc(C)c1. The topological polar surface area (TPSA) is 74.2 Å². The molecule has 33 heavy (non-hydrogen) atoms. The third-order valence-electron chi connectivity index (χ3n) is 4.73. The summed E-state index contributed by atoms with van der Waals surface area (Å²) in [6.07, 6.45) is 1.41. The number of halogens is 2. The lowest BCUT2D eigenvalue weighted by atomic mass is 10.1. The average Bonchev–Trinajstić information content (AvgIpc) is 3.15. The van der Waals surface area contributed by atoms with E-state index in [-0.39, 0.29) is 33.7 Å². The number of hydrogen-bond donors (Lipinski definition) is 0. The van der Waals surface area contributed by atoms with Crippen molar-refractivity contribution in [3.8, 4) is 11.5 Å². The number of ether oxygens (including phenoxy) is 3. The Morgan fingerprint density at radius 3 is 2.64 bits per heavy atom. The first-order valence-corrected chi connectivity index (χ1v) is 10.2. The van der Waals surface area contributed by atoms with Crippen molar-refractivity contribution in [2.24, 2.45) is 4.99 Å². The van der Waals surface area contributed by atoms with E-state index in [0.717, 1.165) is 5.56 Å². The van der Waals surface area contributed by atoms with Crippen LogP contribution in [0.2, 0.25) is 5.02 Å². The van der Waals surface area contributed by atoms with E-state index in [2.05, 4.69) is 4.99 Å². The fraction of sp³-hybridized carbons (Fsp3) is 0.0800. The Morgan fingerprint density at radius 2 is 1.91 bits per heavy atom. The van der Waals surface area contributed by atoms with E-state index >= 15 is 0 Å². The van der Waals surface area contributed by atoms with Crippen molar-refractivity contribution in [3.05, 3.63) is 99.5 Å². The Labute approximate surface area is 193 Å². The molecule has 0 aromatic heterocycles. The quantitative estimate of drug-likeness (QED) is 0.288. The van der Waals surface area contributed by atoms with Crippen molar-refractivity contribution in [2.75, 3.05) is 7.11 Å². The van der Waals surface area contributed by atoms with E-state index in [9.17, 15) is 14.0 Å². The molecule has 166 valence electrons. The minimum Gasteiger partial charge on any atom is -0.493 e. The molecule has 0 amide bonds. The van der Waals surface area contributed by atoms with Gasteiger partial charge in [-0.25, -0.2) is 19.0 Å². The highest BCUT2D eigenvalue weighted by atomic mass is 35.5. The molecule has 3 aromatic carbocycles. The van der Waals surface area contributed by atoms with Crippen LogP contribution < -0.4 is 9.47 Å². The molecule has 0 fully saturated rings. The van der Waals surface area contributed by atoms with E-state index < -0.39 is 17.8 Å². The third-order valence-corrected chi connectivity index (χ3v) is 5.01. The number of benzene rings is 3. The summed E-state index contributed by atoms with van der Waals surface area (Å²) in [5.41, 5.74) is 1.74. The largest absolute Gasteiger partial charge is 0.493 e. The van der Waals surface area contributed by atoms with Crippen LogP contribution in [0.15, 0.2) is 71.4 Å². The summed E-state index contributed by atoms with van der Waals surface area (Å²) in [6.45, 7) is 1.86. The summed E-state index contributed by atoms with van der Waals surface area (Å²) in [6, 6.07) is 15.8. The van der Waals surface area contributed by atoms with E-state index in [1.807, 2.05) is 13.0 Å². The van der Waals surface area contributed by atoms with Gasteiger partial charge < -0.3 is 14.2 Å². The Kier molecular flexibility index (Phi) is 6.24. The van der Waals surface area contributed by atoms with Crippen LogP contribution >= 0.6 is 11.6 Å². The molecule has 1 heterocycles. The average molecular weight is 466 g/mol. The molecule has 0 aliphatic carbocycles. The molecule has 1 aliphatic heterocycles. The first kappa shape index (κ1) is 22.2. The van der Waals surface area contributed by atoms with Crippen molar-refractivity contribution in [2.45, 2.75) is 6.92 Å². The maximum atomic E-state index is 14.0. The van der Waals surface area contributed by atoms with Gasteiger partial charge in [0.2, 0.25) is 5.90 Å². The van der Waals surface area contributed by atoms with Crippen LogP contribution in [0, 0.1) is 12.7 Å². The van der Waals surface area contributed by atoms with Crippen molar-refractivity contribution in [3.63, 3.8) is 0 Å². The lowest BCUT2D eigenvalue weighted by Gasteiger charge is -2.12. The zero-order chi connectivity index (χ0) is 23.5. The predicted octanol–water partition coefficient (Wildman–Crippen LogP) is 5.36. The maximum Gasteiger partial charge on any atom is 0.363 e. The molecule has 0 saturated carbocycles. The molecule has 8 heteroatoms. The van der Waals surface area contributed by atoms with Gasteiger partial charge in [-0.2, -0.15) is 0 Å². The molecule has 1 aliphatic rings. The normalized spacial score (nSPS) is 14.1. The fourth-order valence-electron chi connectivity index (χ4n) is 3.16. The van der Waals surface area contributed by atoms with Gasteiger partial charge in [0.15, 0.2) is 17.2 Å². The van der Waals surface area contributed by atoms with Crippen molar-refractivity contribution in [1.82, 2.24) is 0 Å². The number of nitrogens with zero attached hydrogens (tertiary/aromatic N) is 1. The molecule has 4 rings (SSSR count). The molecule has 6 nitrogen and oxygen atoms in total. The number of methoxy groups -OCH3 is 1. The third kappa shape index (κ3) is 4.78. The standard InChI is InChI=1S/C25H17ClFNO5/c1-14-6-5-7-16(10-14)24(29)32-22-18(26)11-15(13-21(22)31-2)12-20-25(30)33-23(28-20)17-8-3-4-9-19(17)27/h3-13H,1-2H3/b20-12-. The van der Waals surface area contributed by atoms with Crippen LogP contribution in [0.4, 0.5) is 4.39 Å². The second-order valence-electron chi connectivity index (χ2n) is 7.11. The van der Waals surface area contributed by atoms with Crippen LogP contribution in [0.1, 0.15) is 27.0 Å². The lowest BCUT2D eigenvalue weighted by Crippen LogP contribution is -2.10. The van der Waals surface area contributed by atoms with E-state index in [1.165, 1.54) is 43.5 Å². The van der Waals surface area contributed by atoms with Gasteiger partial charge in [-0.1, -0.05) is 41.4 Å².